The van der Waals surface area contributed by atoms with Gasteiger partial charge in [0.25, 0.3) is 0 Å². The zero-order valence-electron chi connectivity index (χ0n) is 14.6. The van der Waals surface area contributed by atoms with E-state index in [4.69, 9.17) is 10.9 Å². The lowest BCUT2D eigenvalue weighted by Gasteiger charge is -2.13. The fraction of sp³-hybridized carbons (Fsp3) is 0.235. The van der Waals surface area contributed by atoms with Crippen LogP contribution in [0.25, 0.3) is 11.1 Å². The number of thioether (sulfide) groups is 1. The molecule has 1 heterocycles. The number of nitrogen functional groups attached to an aromatic ring is 1. The molecule has 2 rings (SSSR count). The van der Waals surface area contributed by atoms with E-state index in [-0.39, 0.29) is 39.0 Å². The Balaban J connectivity index is 2.41. The molecule has 0 unspecified atom stereocenters. The molecule has 0 saturated carbocycles. The average Bonchev–Trinajstić information content (AvgIpc) is 2.62. The lowest BCUT2D eigenvalue weighted by Crippen LogP contribution is -2.16. The monoisotopic (exact) mass is 419 g/mol. The molecule has 2 aromatic rings. The average molecular weight is 419 g/mol. The Morgan fingerprint density at radius 1 is 1.11 bits per heavy atom. The van der Waals surface area contributed by atoms with Crippen molar-refractivity contribution in [1.82, 2.24) is 4.98 Å². The highest BCUT2D eigenvalue weighted by molar-refractivity contribution is 7.99. The second kappa shape index (κ2) is 8.80. The van der Waals surface area contributed by atoms with Gasteiger partial charge in [0, 0.05) is 5.56 Å². The number of nitrogens with zero attached hydrogens (tertiary/aromatic N) is 3. The summed E-state index contributed by atoms with van der Waals surface area (Å²) >= 11 is 1.20. The van der Waals surface area contributed by atoms with Gasteiger partial charge in [-0.25, -0.2) is 18.5 Å². The first-order valence-corrected chi connectivity index (χ1v) is 10.7. The second-order valence-corrected chi connectivity index (χ2v) is 8.59. The van der Waals surface area contributed by atoms with Crippen LogP contribution in [0.15, 0.2) is 23.2 Å². The summed E-state index contributed by atoms with van der Waals surface area (Å²) in [5, 5.41) is 43.6. The van der Waals surface area contributed by atoms with Crippen LogP contribution < -0.4 is 10.9 Å². The first-order valence-electron chi connectivity index (χ1n) is 7.97. The predicted octanol–water partition coefficient (Wildman–Crippen LogP) is 1.65. The summed E-state index contributed by atoms with van der Waals surface area (Å²) in [7, 11) is -3.53. The van der Waals surface area contributed by atoms with Crippen LogP contribution in [0.1, 0.15) is 24.0 Å². The third-order valence-electron chi connectivity index (χ3n) is 3.74. The number of nitrogens with two attached hydrogens (primary N) is 2. The van der Waals surface area contributed by atoms with Crippen molar-refractivity contribution in [2.24, 2.45) is 5.14 Å². The van der Waals surface area contributed by atoms with Gasteiger partial charge < -0.3 is 15.9 Å². The fourth-order valence-corrected chi connectivity index (χ4v) is 4.05. The number of hydrogen-bond acceptors (Lipinski definition) is 9. The number of anilines is 1. The molecule has 0 bridgehead atoms. The molecule has 0 spiro atoms. The molecule has 0 aliphatic rings. The maximum atomic E-state index is 11.0. The van der Waals surface area contributed by atoms with Crippen molar-refractivity contribution >= 4 is 27.6 Å². The van der Waals surface area contributed by atoms with E-state index in [1.807, 2.05) is 12.1 Å². The Morgan fingerprint density at radius 2 is 1.79 bits per heavy atom. The number of aromatic hydroxyl groups is 2. The van der Waals surface area contributed by atoms with Crippen molar-refractivity contribution in [3.05, 3.63) is 29.3 Å². The molecule has 28 heavy (non-hydrogen) atoms. The summed E-state index contributed by atoms with van der Waals surface area (Å²) in [5.41, 5.74) is 6.51. The number of phenols is 2. The minimum absolute atomic E-state index is 0.0137. The summed E-state index contributed by atoms with van der Waals surface area (Å²) in [5.74, 6) is -0.496. The lowest BCUT2D eigenvalue weighted by molar-refractivity contribution is 0.404. The van der Waals surface area contributed by atoms with E-state index in [9.17, 15) is 29.2 Å². The second-order valence-electron chi connectivity index (χ2n) is 5.78. The van der Waals surface area contributed by atoms with Gasteiger partial charge in [0.1, 0.15) is 28.5 Å². The van der Waals surface area contributed by atoms with Gasteiger partial charge in [0.05, 0.1) is 11.3 Å². The molecule has 6 N–H and O–H groups in total. The molecule has 1 aromatic carbocycles. The normalized spacial score (nSPS) is 11.0. The van der Waals surface area contributed by atoms with Crippen LogP contribution in [0.4, 0.5) is 5.82 Å². The van der Waals surface area contributed by atoms with Crippen molar-refractivity contribution < 1.29 is 18.6 Å². The summed E-state index contributed by atoms with van der Waals surface area (Å²) in [6.07, 6.45) is 0.876. The van der Waals surface area contributed by atoms with E-state index in [0.717, 1.165) is 0 Å². The zero-order valence-corrected chi connectivity index (χ0v) is 16.2. The van der Waals surface area contributed by atoms with E-state index < -0.39 is 15.8 Å². The van der Waals surface area contributed by atoms with Crippen molar-refractivity contribution in [3.63, 3.8) is 0 Å². The SMILES string of the molecule is N#Cc1c(N)nc(SCCCCS(N)(=O)=O)c(C#N)c1-c1ccc(O)c(O)c1. The van der Waals surface area contributed by atoms with Gasteiger partial charge in [-0.2, -0.15) is 10.5 Å². The van der Waals surface area contributed by atoms with Crippen molar-refractivity contribution in [2.75, 3.05) is 17.2 Å². The Morgan fingerprint density at radius 3 is 2.36 bits per heavy atom. The van der Waals surface area contributed by atoms with Crippen LogP contribution in [0.5, 0.6) is 11.5 Å². The number of benzene rings is 1. The van der Waals surface area contributed by atoms with Crippen molar-refractivity contribution in [1.29, 1.82) is 10.5 Å². The Labute approximate surface area is 166 Å². The van der Waals surface area contributed by atoms with Crippen LogP contribution in [-0.4, -0.2) is 35.1 Å². The Bertz CT molecular complexity index is 1090. The molecular formula is C17H17N5O4S2. The third kappa shape index (κ3) is 5.04. The van der Waals surface area contributed by atoms with Gasteiger partial charge >= 0.3 is 0 Å². The maximum absolute atomic E-state index is 11.0. The van der Waals surface area contributed by atoms with E-state index in [2.05, 4.69) is 4.98 Å². The number of nitriles is 2. The molecule has 11 heteroatoms. The van der Waals surface area contributed by atoms with Gasteiger partial charge in [0.2, 0.25) is 10.0 Å². The summed E-state index contributed by atoms with van der Waals surface area (Å²) in [6, 6.07) is 7.85. The standard InChI is InChI=1S/C17H17N5O4S2/c18-8-11-15(10-3-4-13(23)14(24)7-10)12(9-19)17(22-16(11)20)27-5-1-2-6-28(21,25)26/h3-4,7,23-24H,1-2,5-6H2,(H2,20,22)(H2,21,25,26). The highest BCUT2D eigenvalue weighted by atomic mass is 32.2. The first kappa shape index (κ1) is 21.3. The number of aromatic nitrogens is 1. The number of unbranched alkanes of at least 4 members (excludes halogenated alkanes) is 1. The summed E-state index contributed by atoms with van der Waals surface area (Å²) in [4.78, 5) is 4.13. The molecule has 0 atom stereocenters. The third-order valence-corrected chi connectivity index (χ3v) is 5.66. The van der Waals surface area contributed by atoms with Crippen LogP contribution in [0, 0.1) is 22.7 Å². The van der Waals surface area contributed by atoms with Crippen LogP contribution in [0.3, 0.4) is 0 Å². The first-order chi connectivity index (χ1) is 13.2. The smallest absolute Gasteiger partial charge is 0.209 e. The number of rotatable bonds is 7. The highest BCUT2D eigenvalue weighted by Crippen LogP contribution is 2.38. The molecule has 0 aliphatic carbocycles. The quantitative estimate of drug-likeness (QED) is 0.294. The Kier molecular flexibility index (Phi) is 6.70. The van der Waals surface area contributed by atoms with Crippen LogP contribution >= 0.6 is 11.8 Å². The van der Waals surface area contributed by atoms with Crippen molar-refractivity contribution in [3.8, 4) is 34.8 Å². The van der Waals surface area contributed by atoms with Gasteiger partial charge in [0.15, 0.2) is 11.5 Å². The molecule has 0 aliphatic heterocycles. The Hall–Kier alpha value is -2.99. The lowest BCUT2D eigenvalue weighted by atomic mass is 9.96. The largest absolute Gasteiger partial charge is 0.504 e. The molecule has 9 nitrogen and oxygen atoms in total. The van der Waals surface area contributed by atoms with E-state index >= 15 is 0 Å². The minimum atomic E-state index is -3.53. The van der Waals surface area contributed by atoms with Crippen LogP contribution in [0.2, 0.25) is 0 Å². The fourth-order valence-electron chi connectivity index (χ4n) is 2.44. The minimum Gasteiger partial charge on any atom is -0.504 e. The maximum Gasteiger partial charge on any atom is 0.209 e. The molecule has 0 saturated heterocycles. The zero-order chi connectivity index (χ0) is 20.9. The van der Waals surface area contributed by atoms with E-state index in [1.54, 1.807) is 0 Å². The molecule has 1 aromatic heterocycles. The molecule has 0 radical (unpaired) electrons. The number of hydrogen-bond donors (Lipinski definition) is 4. The number of primary sulfonamides is 1. The van der Waals surface area contributed by atoms with Crippen LogP contribution in [-0.2, 0) is 10.0 Å². The predicted molar refractivity (Wildman–Crippen MR) is 105 cm³/mol. The van der Waals surface area contributed by atoms with Gasteiger partial charge in [-0.05, 0) is 36.3 Å². The number of pyridine rings is 1. The van der Waals surface area contributed by atoms with Gasteiger partial charge in [-0.3, -0.25) is 0 Å². The van der Waals surface area contributed by atoms with Crippen molar-refractivity contribution in [2.45, 2.75) is 17.9 Å². The number of phenolic OH excluding ortho intramolecular Hbond substituents is 2. The molecule has 0 amide bonds. The van der Waals surface area contributed by atoms with Gasteiger partial charge in [-0.1, -0.05) is 6.07 Å². The molecule has 0 fully saturated rings. The number of sulfonamides is 1. The topological polar surface area (TPSA) is 187 Å². The molecular weight excluding hydrogens is 402 g/mol. The van der Waals surface area contributed by atoms with E-state index in [0.29, 0.717) is 24.2 Å². The highest BCUT2D eigenvalue weighted by Gasteiger charge is 2.21. The van der Waals surface area contributed by atoms with Gasteiger partial charge in [-0.15, -0.1) is 11.8 Å². The summed E-state index contributed by atoms with van der Waals surface area (Å²) < 4.78 is 21.9. The molecule has 146 valence electrons. The van der Waals surface area contributed by atoms with E-state index in [1.165, 1.54) is 30.0 Å². The summed E-state index contributed by atoms with van der Waals surface area (Å²) in [6.45, 7) is 0.